The minimum absolute atomic E-state index is 0.0281. The van der Waals surface area contributed by atoms with Crippen LogP contribution in [0.2, 0.25) is 0 Å². The Morgan fingerprint density at radius 1 is 1.06 bits per heavy atom. The standard InChI is InChI=1S/C25H29NO6/c1-16(2)15-32-20-10-5-7-17(13-20)22-21(24(28)25(29)26(22)11-12-30-3)23(27)18-8-6-9-19(14-18)31-4/h5-10,13-14,16,22,27H,11-12,15H2,1-4H3/b23-21-. The molecule has 0 aromatic heterocycles. The average molecular weight is 440 g/mol. The fourth-order valence-corrected chi connectivity index (χ4v) is 3.61. The molecule has 1 aliphatic heterocycles. The molecule has 170 valence electrons. The quantitative estimate of drug-likeness (QED) is 0.363. The van der Waals surface area contributed by atoms with Gasteiger partial charge >= 0.3 is 0 Å². The third kappa shape index (κ3) is 4.94. The second kappa shape index (κ2) is 10.3. The van der Waals surface area contributed by atoms with Crippen LogP contribution in [0.4, 0.5) is 0 Å². The van der Waals surface area contributed by atoms with Crippen LogP contribution >= 0.6 is 0 Å². The van der Waals surface area contributed by atoms with Crippen molar-refractivity contribution in [2.24, 2.45) is 5.92 Å². The van der Waals surface area contributed by atoms with Crippen LogP contribution in [0.3, 0.4) is 0 Å². The van der Waals surface area contributed by atoms with Crippen LogP contribution in [0, 0.1) is 5.92 Å². The zero-order valence-corrected chi connectivity index (χ0v) is 18.8. The summed E-state index contributed by atoms with van der Waals surface area (Å²) in [5.74, 6) is -0.150. The van der Waals surface area contributed by atoms with Gasteiger partial charge in [-0.25, -0.2) is 0 Å². The van der Waals surface area contributed by atoms with Gasteiger partial charge < -0.3 is 24.2 Å². The van der Waals surface area contributed by atoms with Gasteiger partial charge in [0.2, 0.25) is 0 Å². The van der Waals surface area contributed by atoms with Crippen LogP contribution in [0.1, 0.15) is 31.0 Å². The number of nitrogens with zero attached hydrogens (tertiary/aromatic N) is 1. The highest BCUT2D eigenvalue weighted by molar-refractivity contribution is 6.46. The second-order valence-corrected chi connectivity index (χ2v) is 7.99. The van der Waals surface area contributed by atoms with Gasteiger partial charge in [-0.2, -0.15) is 0 Å². The van der Waals surface area contributed by atoms with E-state index < -0.39 is 17.7 Å². The number of aliphatic hydroxyl groups excluding tert-OH is 1. The first-order valence-electron chi connectivity index (χ1n) is 10.5. The maximum absolute atomic E-state index is 13.0. The van der Waals surface area contributed by atoms with Gasteiger partial charge in [0.1, 0.15) is 17.3 Å². The minimum atomic E-state index is -0.765. The van der Waals surface area contributed by atoms with E-state index >= 15 is 0 Å². The SMILES string of the molecule is COCCN1C(=O)C(=O)/C(=C(\O)c2cccc(OC)c2)C1c1cccc(OCC(C)C)c1. The summed E-state index contributed by atoms with van der Waals surface area (Å²) >= 11 is 0. The van der Waals surface area contributed by atoms with Crippen LogP contribution < -0.4 is 9.47 Å². The summed E-state index contributed by atoms with van der Waals surface area (Å²) < 4.78 is 16.2. The summed E-state index contributed by atoms with van der Waals surface area (Å²) in [5, 5.41) is 11.1. The monoisotopic (exact) mass is 439 g/mol. The van der Waals surface area contributed by atoms with Crippen LogP contribution in [-0.4, -0.2) is 55.7 Å². The lowest BCUT2D eigenvalue weighted by atomic mass is 9.95. The molecule has 0 saturated carbocycles. The number of methoxy groups -OCH3 is 2. The Morgan fingerprint density at radius 3 is 2.47 bits per heavy atom. The number of Topliss-reactive ketones (excluding diaryl/α,β-unsaturated/α-hetero) is 1. The van der Waals surface area contributed by atoms with Crippen molar-refractivity contribution in [3.8, 4) is 11.5 Å². The first kappa shape index (κ1) is 23.3. The third-order valence-electron chi connectivity index (χ3n) is 5.18. The molecular formula is C25H29NO6. The molecule has 1 fully saturated rings. The van der Waals surface area contributed by atoms with E-state index in [9.17, 15) is 14.7 Å². The molecular weight excluding hydrogens is 410 g/mol. The zero-order valence-electron chi connectivity index (χ0n) is 18.8. The predicted octanol–water partition coefficient (Wildman–Crippen LogP) is 3.80. The van der Waals surface area contributed by atoms with Crippen molar-refractivity contribution in [3.05, 3.63) is 65.2 Å². The van der Waals surface area contributed by atoms with Crippen molar-refractivity contribution in [3.63, 3.8) is 0 Å². The molecule has 7 nitrogen and oxygen atoms in total. The molecule has 0 aliphatic carbocycles. The molecule has 0 radical (unpaired) electrons. The molecule has 7 heteroatoms. The first-order valence-corrected chi connectivity index (χ1v) is 10.5. The summed E-state index contributed by atoms with van der Waals surface area (Å²) in [6.07, 6.45) is 0. The molecule has 2 aromatic rings. The van der Waals surface area contributed by atoms with E-state index in [1.807, 2.05) is 18.2 Å². The Labute approximate surface area is 188 Å². The fraction of sp³-hybridized carbons (Fsp3) is 0.360. The van der Waals surface area contributed by atoms with Crippen LogP contribution in [0.25, 0.3) is 5.76 Å². The van der Waals surface area contributed by atoms with Crippen LogP contribution in [0.15, 0.2) is 54.1 Å². The van der Waals surface area contributed by atoms with Crippen molar-refractivity contribution in [1.29, 1.82) is 0 Å². The molecule has 2 aromatic carbocycles. The molecule has 3 rings (SSSR count). The number of carbonyl (C=O) groups excluding carboxylic acids is 2. The molecule has 0 bridgehead atoms. The Kier molecular flexibility index (Phi) is 7.53. The van der Waals surface area contributed by atoms with E-state index in [1.165, 1.54) is 19.1 Å². The maximum atomic E-state index is 13.0. The zero-order chi connectivity index (χ0) is 23.3. The van der Waals surface area contributed by atoms with Crippen molar-refractivity contribution in [2.45, 2.75) is 19.9 Å². The molecule has 32 heavy (non-hydrogen) atoms. The van der Waals surface area contributed by atoms with Crippen molar-refractivity contribution in [1.82, 2.24) is 4.90 Å². The molecule has 1 unspecified atom stereocenters. The van der Waals surface area contributed by atoms with E-state index in [1.54, 1.807) is 30.3 Å². The van der Waals surface area contributed by atoms with E-state index in [0.717, 1.165) is 0 Å². The summed E-state index contributed by atoms with van der Waals surface area (Å²) in [7, 11) is 3.05. The predicted molar refractivity (Wildman–Crippen MR) is 121 cm³/mol. The topological polar surface area (TPSA) is 85.3 Å². The molecule has 1 aliphatic rings. The van der Waals surface area contributed by atoms with E-state index in [0.29, 0.717) is 35.2 Å². The lowest BCUT2D eigenvalue weighted by Gasteiger charge is -2.25. The van der Waals surface area contributed by atoms with Crippen molar-refractivity contribution in [2.75, 3.05) is 34.0 Å². The number of hydrogen-bond acceptors (Lipinski definition) is 6. The van der Waals surface area contributed by atoms with Crippen LogP contribution in [-0.2, 0) is 14.3 Å². The number of aliphatic hydroxyl groups is 1. The van der Waals surface area contributed by atoms with Gasteiger partial charge in [-0.15, -0.1) is 0 Å². The maximum Gasteiger partial charge on any atom is 0.295 e. The number of benzene rings is 2. The van der Waals surface area contributed by atoms with Gasteiger partial charge in [0.15, 0.2) is 0 Å². The van der Waals surface area contributed by atoms with Gasteiger partial charge in [-0.1, -0.05) is 38.1 Å². The number of rotatable bonds is 9. The average Bonchev–Trinajstić information content (AvgIpc) is 3.06. The number of ketones is 1. The lowest BCUT2D eigenvalue weighted by Crippen LogP contribution is -2.32. The number of hydrogen-bond donors (Lipinski definition) is 1. The summed E-state index contributed by atoms with van der Waals surface area (Å²) in [4.78, 5) is 27.3. The normalized spacial score (nSPS) is 17.8. The number of carbonyl (C=O) groups is 2. The van der Waals surface area contributed by atoms with E-state index in [4.69, 9.17) is 14.2 Å². The Balaban J connectivity index is 2.11. The van der Waals surface area contributed by atoms with E-state index in [-0.39, 0.29) is 24.5 Å². The van der Waals surface area contributed by atoms with Crippen LogP contribution in [0.5, 0.6) is 11.5 Å². The molecule has 1 saturated heterocycles. The Morgan fingerprint density at radius 2 is 1.78 bits per heavy atom. The summed E-state index contributed by atoms with van der Waals surface area (Å²) in [5.41, 5.74) is 1.10. The Hall–Kier alpha value is -3.32. The highest BCUT2D eigenvalue weighted by Gasteiger charge is 2.46. The molecule has 1 amide bonds. The lowest BCUT2D eigenvalue weighted by molar-refractivity contribution is -0.140. The number of likely N-dealkylation sites (tertiary alicyclic amines) is 1. The number of ether oxygens (including phenoxy) is 3. The smallest absolute Gasteiger partial charge is 0.295 e. The molecule has 1 heterocycles. The van der Waals surface area contributed by atoms with Crippen molar-refractivity contribution >= 4 is 17.4 Å². The van der Waals surface area contributed by atoms with Gasteiger partial charge in [-0.05, 0) is 35.7 Å². The molecule has 1 N–H and O–H groups in total. The molecule has 1 atom stereocenters. The van der Waals surface area contributed by atoms with Gasteiger partial charge in [0, 0.05) is 19.2 Å². The van der Waals surface area contributed by atoms with E-state index in [2.05, 4.69) is 13.8 Å². The van der Waals surface area contributed by atoms with Gasteiger partial charge in [0.25, 0.3) is 11.7 Å². The first-order chi connectivity index (χ1) is 15.4. The number of amides is 1. The van der Waals surface area contributed by atoms with Crippen molar-refractivity contribution < 1.29 is 28.9 Å². The minimum Gasteiger partial charge on any atom is -0.507 e. The van der Waals surface area contributed by atoms with Gasteiger partial charge in [-0.3, -0.25) is 9.59 Å². The fourth-order valence-electron chi connectivity index (χ4n) is 3.61. The second-order valence-electron chi connectivity index (χ2n) is 7.99. The highest BCUT2D eigenvalue weighted by atomic mass is 16.5. The molecule has 0 spiro atoms. The Bertz CT molecular complexity index is 1010. The highest BCUT2D eigenvalue weighted by Crippen LogP contribution is 2.40. The van der Waals surface area contributed by atoms with Gasteiger partial charge in [0.05, 0.1) is 31.9 Å². The summed E-state index contributed by atoms with van der Waals surface area (Å²) in [6.45, 7) is 5.11. The summed E-state index contributed by atoms with van der Waals surface area (Å²) in [6, 6.07) is 13.2. The largest absolute Gasteiger partial charge is 0.507 e. The third-order valence-corrected chi connectivity index (χ3v) is 5.18.